The highest BCUT2D eigenvalue weighted by atomic mass is 16.4. The van der Waals surface area contributed by atoms with Crippen molar-refractivity contribution in [1.82, 2.24) is 0 Å². The second-order valence-electron chi connectivity index (χ2n) is 0.533. The standard InChI is InChI=1S/C3H2O2.CO2/c1-2-3(4)5;2-1-3/h1H,(H,4,5);. The van der Waals surface area contributed by atoms with Crippen LogP contribution in [0.15, 0.2) is 0 Å². The summed E-state index contributed by atoms with van der Waals surface area (Å²) in [6.45, 7) is 0. The highest BCUT2D eigenvalue weighted by Gasteiger charge is 1.74. The van der Waals surface area contributed by atoms with E-state index in [1.54, 1.807) is 0 Å². The van der Waals surface area contributed by atoms with E-state index in [1.165, 1.54) is 5.92 Å². The summed E-state index contributed by atoms with van der Waals surface area (Å²) < 4.78 is 0. The molecule has 0 aliphatic rings. The van der Waals surface area contributed by atoms with Gasteiger partial charge in [0.2, 0.25) is 0 Å². The first-order valence-electron chi connectivity index (χ1n) is 1.37. The van der Waals surface area contributed by atoms with Crippen molar-refractivity contribution in [2.75, 3.05) is 0 Å². The fourth-order valence-electron chi connectivity index (χ4n) is 0. The topological polar surface area (TPSA) is 71.4 Å². The van der Waals surface area contributed by atoms with E-state index in [9.17, 15) is 0 Å². The molecule has 0 bridgehead atoms. The molecular weight excluding hydrogens is 112 g/mol. The van der Waals surface area contributed by atoms with Gasteiger partial charge in [-0.1, -0.05) is 0 Å². The van der Waals surface area contributed by atoms with Gasteiger partial charge < -0.3 is 5.11 Å². The molecule has 0 saturated heterocycles. The molecule has 0 spiro atoms. The fraction of sp³-hybridized carbons (Fsp3) is 0. The highest BCUT2D eigenvalue weighted by Crippen LogP contribution is 1.44. The average molecular weight is 114 g/mol. The van der Waals surface area contributed by atoms with Crippen LogP contribution in [0, 0.1) is 12.3 Å². The number of aliphatic carboxylic acids is 1. The lowest BCUT2D eigenvalue weighted by molar-refractivity contribution is -0.191. The van der Waals surface area contributed by atoms with Crippen LogP contribution in [0.3, 0.4) is 0 Å². The Labute approximate surface area is 45.1 Å². The summed E-state index contributed by atoms with van der Waals surface area (Å²) in [7, 11) is 0. The molecule has 0 fully saturated rings. The lowest BCUT2D eigenvalue weighted by atomic mass is 10.7. The number of rotatable bonds is 0. The molecule has 0 unspecified atom stereocenters. The maximum absolute atomic E-state index is 9.13. The van der Waals surface area contributed by atoms with Crippen LogP contribution in [0.25, 0.3) is 0 Å². The first kappa shape index (κ1) is 9.65. The molecule has 0 heterocycles. The molecule has 0 aromatic carbocycles. The third kappa shape index (κ3) is 305. The Kier molecular flexibility index (Phi) is 10.9. The van der Waals surface area contributed by atoms with Crippen molar-refractivity contribution in [3.8, 4) is 12.3 Å². The second kappa shape index (κ2) is 9.05. The monoisotopic (exact) mass is 114 g/mol. The number of carbonyl (C=O) groups excluding carboxylic acids is 2. The van der Waals surface area contributed by atoms with Crippen LogP contribution in [0.2, 0.25) is 0 Å². The van der Waals surface area contributed by atoms with Crippen molar-refractivity contribution in [2.24, 2.45) is 0 Å². The maximum Gasteiger partial charge on any atom is 0.381 e. The fourth-order valence-corrected chi connectivity index (χ4v) is 0. The molecule has 0 rings (SSSR count). The third-order valence-corrected chi connectivity index (χ3v) is 0.123. The summed E-state index contributed by atoms with van der Waals surface area (Å²) in [5.74, 6) is 0.227. The summed E-state index contributed by atoms with van der Waals surface area (Å²) in [5.41, 5.74) is 0. The summed E-state index contributed by atoms with van der Waals surface area (Å²) in [6.07, 6.45) is 4.57. The summed E-state index contributed by atoms with van der Waals surface area (Å²) in [4.78, 5) is 25.4. The molecule has 8 heavy (non-hydrogen) atoms. The quantitative estimate of drug-likeness (QED) is 0.415. The van der Waals surface area contributed by atoms with Crippen molar-refractivity contribution >= 4 is 12.1 Å². The van der Waals surface area contributed by atoms with Crippen LogP contribution in [-0.2, 0) is 14.4 Å². The predicted octanol–water partition coefficient (Wildman–Crippen LogP) is -0.879. The normalized spacial score (nSPS) is 4.38. The molecule has 0 aromatic rings. The molecule has 1 N–H and O–H groups in total. The highest BCUT2D eigenvalue weighted by molar-refractivity contribution is 5.85. The third-order valence-electron chi connectivity index (χ3n) is 0.123. The van der Waals surface area contributed by atoms with E-state index in [0.717, 1.165) is 0 Å². The van der Waals surface area contributed by atoms with Gasteiger partial charge in [0.1, 0.15) is 0 Å². The van der Waals surface area contributed by atoms with Crippen molar-refractivity contribution in [2.45, 2.75) is 0 Å². The number of carboxylic acids is 1. The van der Waals surface area contributed by atoms with Gasteiger partial charge in [-0.2, -0.15) is 9.59 Å². The molecule has 0 saturated carbocycles. The van der Waals surface area contributed by atoms with Crippen LogP contribution < -0.4 is 0 Å². The minimum Gasteiger partial charge on any atom is -0.472 e. The molecule has 4 heteroatoms. The smallest absolute Gasteiger partial charge is 0.381 e. The van der Waals surface area contributed by atoms with Gasteiger partial charge in [0.25, 0.3) is 0 Å². The predicted molar refractivity (Wildman–Crippen MR) is 21.5 cm³/mol. The Morgan fingerprint density at radius 3 is 1.62 bits per heavy atom. The first-order valence-corrected chi connectivity index (χ1v) is 1.37. The number of carbonyl (C=O) groups is 1. The summed E-state index contributed by atoms with van der Waals surface area (Å²) >= 11 is 0. The van der Waals surface area contributed by atoms with E-state index in [0.29, 0.717) is 0 Å². The zero-order valence-electron chi connectivity index (χ0n) is 3.75. The van der Waals surface area contributed by atoms with Crippen LogP contribution in [0.5, 0.6) is 0 Å². The number of hydrogen-bond donors (Lipinski definition) is 1. The molecule has 0 amide bonds. The average Bonchev–Trinajstić information content (AvgIpc) is 1.69. The maximum atomic E-state index is 9.13. The van der Waals surface area contributed by atoms with Gasteiger partial charge in [-0.05, 0) is 0 Å². The molecule has 0 aliphatic carbocycles. The Bertz CT molecular complexity index is 135. The zero-order chi connectivity index (χ0) is 6.99. The molecule has 0 radical (unpaired) electrons. The Morgan fingerprint density at radius 2 is 1.62 bits per heavy atom. The van der Waals surface area contributed by atoms with Crippen LogP contribution in [0.1, 0.15) is 0 Å². The van der Waals surface area contributed by atoms with Crippen molar-refractivity contribution in [3.05, 3.63) is 0 Å². The Balaban J connectivity index is 0. The van der Waals surface area contributed by atoms with Gasteiger partial charge in [-0.25, -0.2) is 4.79 Å². The molecule has 0 aliphatic heterocycles. The van der Waals surface area contributed by atoms with Gasteiger partial charge in [0.05, 0.1) is 0 Å². The zero-order valence-corrected chi connectivity index (χ0v) is 3.75. The summed E-state index contributed by atoms with van der Waals surface area (Å²) in [6, 6.07) is 0. The van der Waals surface area contributed by atoms with Gasteiger partial charge in [-0.3, -0.25) is 0 Å². The second-order valence-corrected chi connectivity index (χ2v) is 0.533. The minimum atomic E-state index is -1.22. The van der Waals surface area contributed by atoms with Gasteiger partial charge >= 0.3 is 12.1 Å². The van der Waals surface area contributed by atoms with Gasteiger partial charge in [0.15, 0.2) is 0 Å². The van der Waals surface area contributed by atoms with Crippen LogP contribution >= 0.6 is 0 Å². The lowest BCUT2D eigenvalue weighted by Crippen LogP contribution is -1.83. The lowest BCUT2D eigenvalue weighted by Gasteiger charge is -1.60. The van der Waals surface area contributed by atoms with Crippen molar-refractivity contribution in [1.29, 1.82) is 0 Å². The van der Waals surface area contributed by atoms with Crippen molar-refractivity contribution in [3.63, 3.8) is 0 Å². The van der Waals surface area contributed by atoms with E-state index < -0.39 is 5.97 Å². The molecule has 4 nitrogen and oxygen atoms in total. The van der Waals surface area contributed by atoms with E-state index in [4.69, 9.17) is 19.5 Å². The molecule has 0 aromatic heterocycles. The number of carboxylic acid groups (broad SMARTS) is 1. The van der Waals surface area contributed by atoms with Gasteiger partial charge in [0, 0.05) is 5.92 Å². The first-order chi connectivity index (χ1) is 3.68. The SMILES string of the molecule is C#CC(=O)O.O=C=O. The van der Waals surface area contributed by atoms with E-state index >= 15 is 0 Å². The Hall–Kier alpha value is -1.59. The number of hydrogen-bond acceptors (Lipinski definition) is 3. The van der Waals surface area contributed by atoms with E-state index in [1.807, 2.05) is 0 Å². The molecule has 42 valence electrons. The van der Waals surface area contributed by atoms with Crippen LogP contribution in [-0.4, -0.2) is 17.2 Å². The summed E-state index contributed by atoms with van der Waals surface area (Å²) in [5, 5.41) is 7.49. The minimum absolute atomic E-state index is 0.250. The van der Waals surface area contributed by atoms with E-state index in [2.05, 4.69) is 6.42 Å². The van der Waals surface area contributed by atoms with Gasteiger partial charge in [-0.15, -0.1) is 6.42 Å². The van der Waals surface area contributed by atoms with E-state index in [-0.39, 0.29) is 6.15 Å². The largest absolute Gasteiger partial charge is 0.472 e. The molecule has 0 atom stereocenters. The molecular formula is C4H2O4. The van der Waals surface area contributed by atoms with Crippen LogP contribution in [0.4, 0.5) is 0 Å². The Morgan fingerprint density at radius 1 is 1.50 bits per heavy atom. The number of terminal acetylenes is 1. The van der Waals surface area contributed by atoms with Crippen molar-refractivity contribution < 1.29 is 19.5 Å².